The Bertz CT molecular complexity index is 383. The Hall–Kier alpha value is -2.10. The zero-order chi connectivity index (χ0) is 11.8. The molecule has 0 unspecified atom stereocenters. The summed E-state index contributed by atoms with van der Waals surface area (Å²) in [6, 6.07) is 5.97. The number of carbonyl (C=O) groups is 1. The highest BCUT2D eigenvalue weighted by atomic mass is 16.3. The van der Waals surface area contributed by atoms with Gasteiger partial charge in [-0.05, 0) is 37.1 Å². The standard InChI is InChI=1S/C12H14N2O2/c1-2-3-4-9-13-14-12(16)10-5-7-11(15)8-6-10/h2,5-9,15H,1,3-4H2,(H,14,16)/b13-9+. The van der Waals surface area contributed by atoms with Gasteiger partial charge in [0, 0.05) is 11.8 Å². The van der Waals surface area contributed by atoms with Crippen molar-refractivity contribution in [1.29, 1.82) is 0 Å². The summed E-state index contributed by atoms with van der Waals surface area (Å²) in [4.78, 5) is 11.5. The highest BCUT2D eigenvalue weighted by Crippen LogP contribution is 2.09. The van der Waals surface area contributed by atoms with Crippen LogP contribution >= 0.6 is 0 Å². The van der Waals surface area contributed by atoms with Crippen molar-refractivity contribution in [3.8, 4) is 5.75 Å². The Kier molecular flexibility index (Phi) is 4.79. The third kappa shape index (κ3) is 3.96. The molecule has 4 heteroatoms. The van der Waals surface area contributed by atoms with Crippen molar-refractivity contribution in [1.82, 2.24) is 5.43 Å². The van der Waals surface area contributed by atoms with Crippen LogP contribution in [0.5, 0.6) is 5.75 Å². The molecule has 0 fully saturated rings. The Labute approximate surface area is 94.3 Å². The second kappa shape index (κ2) is 6.40. The first-order valence-electron chi connectivity index (χ1n) is 4.96. The molecule has 0 aliphatic carbocycles. The van der Waals surface area contributed by atoms with Gasteiger partial charge in [0.25, 0.3) is 5.91 Å². The second-order valence-electron chi connectivity index (χ2n) is 3.17. The Morgan fingerprint density at radius 1 is 1.38 bits per heavy atom. The molecule has 0 aromatic heterocycles. The van der Waals surface area contributed by atoms with Crippen LogP contribution in [0.25, 0.3) is 0 Å². The van der Waals surface area contributed by atoms with Gasteiger partial charge in [0.15, 0.2) is 0 Å². The fourth-order valence-electron chi connectivity index (χ4n) is 1.04. The van der Waals surface area contributed by atoms with Gasteiger partial charge in [0.05, 0.1) is 0 Å². The van der Waals surface area contributed by atoms with Gasteiger partial charge in [0.1, 0.15) is 5.75 Å². The number of carbonyl (C=O) groups excluding carboxylic acids is 1. The first-order valence-corrected chi connectivity index (χ1v) is 4.96. The van der Waals surface area contributed by atoms with Crippen molar-refractivity contribution in [2.75, 3.05) is 0 Å². The molecule has 16 heavy (non-hydrogen) atoms. The molecule has 4 nitrogen and oxygen atoms in total. The van der Waals surface area contributed by atoms with Crippen molar-refractivity contribution < 1.29 is 9.90 Å². The Balaban J connectivity index is 2.43. The van der Waals surface area contributed by atoms with Gasteiger partial charge in [-0.15, -0.1) is 6.58 Å². The van der Waals surface area contributed by atoms with E-state index in [9.17, 15) is 4.79 Å². The van der Waals surface area contributed by atoms with Crippen LogP contribution in [0.3, 0.4) is 0 Å². The molecule has 1 aromatic carbocycles. The molecule has 0 bridgehead atoms. The third-order valence-corrected chi connectivity index (χ3v) is 1.89. The average Bonchev–Trinajstić information content (AvgIpc) is 2.29. The molecular weight excluding hydrogens is 204 g/mol. The van der Waals surface area contributed by atoms with Crippen LogP contribution < -0.4 is 5.43 Å². The maximum Gasteiger partial charge on any atom is 0.271 e. The van der Waals surface area contributed by atoms with Crippen LogP contribution in [0.1, 0.15) is 23.2 Å². The topological polar surface area (TPSA) is 61.7 Å². The van der Waals surface area contributed by atoms with E-state index < -0.39 is 0 Å². The van der Waals surface area contributed by atoms with Gasteiger partial charge >= 0.3 is 0 Å². The molecular formula is C12H14N2O2. The molecule has 0 heterocycles. The summed E-state index contributed by atoms with van der Waals surface area (Å²) in [5.41, 5.74) is 2.85. The van der Waals surface area contributed by atoms with Gasteiger partial charge in [-0.1, -0.05) is 6.08 Å². The van der Waals surface area contributed by atoms with E-state index in [1.807, 2.05) is 0 Å². The highest BCUT2D eigenvalue weighted by Gasteiger charge is 2.02. The first kappa shape index (κ1) is 12.0. The number of phenolic OH excluding ortho intramolecular Hbond substituents is 1. The monoisotopic (exact) mass is 218 g/mol. The number of benzene rings is 1. The van der Waals surface area contributed by atoms with Crippen LogP contribution in [-0.2, 0) is 0 Å². The first-order chi connectivity index (χ1) is 7.74. The number of rotatable bonds is 5. The summed E-state index contributed by atoms with van der Waals surface area (Å²) in [5, 5.41) is 12.8. The van der Waals surface area contributed by atoms with Gasteiger partial charge in [-0.3, -0.25) is 4.79 Å². The van der Waals surface area contributed by atoms with Crippen LogP contribution in [-0.4, -0.2) is 17.2 Å². The van der Waals surface area contributed by atoms with E-state index in [1.165, 1.54) is 24.3 Å². The molecule has 1 amide bonds. The maximum atomic E-state index is 11.5. The third-order valence-electron chi connectivity index (χ3n) is 1.89. The van der Waals surface area contributed by atoms with Crippen molar-refractivity contribution in [3.63, 3.8) is 0 Å². The van der Waals surface area contributed by atoms with Crippen molar-refractivity contribution in [3.05, 3.63) is 42.5 Å². The lowest BCUT2D eigenvalue weighted by molar-refractivity contribution is 0.0955. The van der Waals surface area contributed by atoms with Gasteiger partial charge < -0.3 is 5.11 Å². The smallest absolute Gasteiger partial charge is 0.271 e. The lowest BCUT2D eigenvalue weighted by atomic mass is 10.2. The minimum absolute atomic E-state index is 0.131. The molecule has 0 aliphatic rings. The van der Waals surface area contributed by atoms with E-state index in [2.05, 4.69) is 17.1 Å². The van der Waals surface area contributed by atoms with E-state index >= 15 is 0 Å². The van der Waals surface area contributed by atoms with E-state index in [0.717, 1.165) is 12.8 Å². The largest absolute Gasteiger partial charge is 0.508 e. The van der Waals surface area contributed by atoms with E-state index in [1.54, 1.807) is 12.3 Å². The van der Waals surface area contributed by atoms with Crippen molar-refractivity contribution >= 4 is 12.1 Å². The number of hydrogen-bond donors (Lipinski definition) is 2. The lowest BCUT2D eigenvalue weighted by Crippen LogP contribution is -2.17. The molecule has 1 aromatic rings. The molecule has 0 atom stereocenters. The number of phenols is 1. The zero-order valence-electron chi connectivity index (χ0n) is 8.89. The molecule has 2 N–H and O–H groups in total. The number of nitrogens with zero attached hydrogens (tertiary/aromatic N) is 1. The van der Waals surface area contributed by atoms with Crippen LogP contribution in [0.4, 0.5) is 0 Å². The number of nitrogens with one attached hydrogen (secondary N) is 1. The number of unbranched alkanes of at least 4 members (excludes halogenated alkanes) is 1. The molecule has 0 radical (unpaired) electrons. The predicted octanol–water partition coefficient (Wildman–Crippen LogP) is 2.07. The molecule has 0 saturated carbocycles. The average molecular weight is 218 g/mol. The quantitative estimate of drug-likeness (QED) is 0.344. The van der Waals surface area contributed by atoms with Crippen LogP contribution in [0.15, 0.2) is 42.0 Å². The molecule has 1 rings (SSSR count). The summed E-state index contributed by atoms with van der Waals surface area (Å²) >= 11 is 0. The summed E-state index contributed by atoms with van der Waals surface area (Å²) in [5.74, 6) is -0.166. The van der Waals surface area contributed by atoms with Crippen molar-refractivity contribution in [2.45, 2.75) is 12.8 Å². The summed E-state index contributed by atoms with van der Waals surface area (Å²) in [6.07, 6.45) is 4.99. The predicted molar refractivity (Wildman–Crippen MR) is 63.5 cm³/mol. The summed E-state index contributed by atoms with van der Waals surface area (Å²) in [7, 11) is 0. The molecule has 0 spiro atoms. The number of amides is 1. The SMILES string of the molecule is C=CCC/C=N/NC(=O)c1ccc(O)cc1. The Morgan fingerprint density at radius 2 is 2.06 bits per heavy atom. The Morgan fingerprint density at radius 3 is 2.69 bits per heavy atom. The highest BCUT2D eigenvalue weighted by molar-refractivity contribution is 5.94. The van der Waals surface area contributed by atoms with E-state index in [4.69, 9.17) is 5.11 Å². The number of allylic oxidation sites excluding steroid dienone is 1. The summed E-state index contributed by atoms with van der Waals surface area (Å²) in [6.45, 7) is 3.58. The lowest BCUT2D eigenvalue weighted by Gasteiger charge is -1.99. The van der Waals surface area contributed by atoms with Crippen molar-refractivity contribution in [2.24, 2.45) is 5.10 Å². The summed E-state index contributed by atoms with van der Waals surface area (Å²) < 4.78 is 0. The van der Waals surface area contributed by atoms with Gasteiger partial charge in [0.2, 0.25) is 0 Å². The number of hydrogen-bond acceptors (Lipinski definition) is 3. The van der Waals surface area contributed by atoms with Crippen LogP contribution in [0.2, 0.25) is 0 Å². The zero-order valence-corrected chi connectivity index (χ0v) is 8.89. The number of hydrazone groups is 1. The van der Waals surface area contributed by atoms with Gasteiger partial charge in [-0.2, -0.15) is 5.10 Å². The number of aromatic hydroxyl groups is 1. The minimum Gasteiger partial charge on any atom is -0.508 e. The molecule has 0 saturated heterocycles. The molecule has 0 aliphatic heterocycles. The normalized spacial score (nSPS) is 10.2. The van der Waals surface area contributed by atoms with Gasteiger partial charge in [-0.25, -0.2) is 5.43 Å². The van der Waals surface area contributed by atoms with E-state index in [0.29, 0.717) is 5.56 Å². The second-order valence-corrected chi connectivity index (χ2v) is 3.17. The fraction of sp³-hybridized carbons (Fsp3) is 0.167. The van der Waals surface area contributed by atoms with Crippen LogP contribution in [0, 0.1) is 0 Å². The molecule has 84 valence electrons. The minimum atomic E-state index is -0.296. The van der Waals surface area contributed by atoms with E-state index in [-0.39, 0.29) is 11.7 Å². The maximum absolute atomic E-state index is 11.5. The fourth-order valence-corrected chi connectivity index (χ4v) is 1.04.